The molecule has 0 saturated heterocycles. The Morgan fingerprint density at radius 3 is 2.88 bits per heavy atom. The number of carboxylic acids is 1. The zero-order valence-electron chi connectivity index (χ0n) is 13.8. The topological polar surface area (TPSA) is 107 Å². The standard InChI is InChI=1S/C17H22N4O2S2/c18-8-14-9-20-17(25-24-10-15(19)16(22)23)21(14)13-6-5-11-3-1-2-4-12(11)7-13/h1-4,9,13,15H,5-8,10,18-19H2,(H,22,23). The van der Waals surface area contributed by atoms with Gasteiger partial charge in [0.25, 0.3) is 0 Å². The van der Waals surface area contributed by atoms with Crippen molar-refractivity contribution in [3.8, 4) is 0 Å². The van der Waals surface area contributed by atoms with Crippen LogP contribution in [0, 0.1) is 0 Å². The third kappa shape index (κ3) is 4.20. The first kappa shape index (κ1) is 18.3. The zero-order chi connectivity index (χ0) is 17.8. The number of hydrogen-bond acceptors (Lipinski definition) is 6. The molecule has 3 rings (SSSR count). The minimum Gasteiger partial charge on any atom is -0.480 e. The molecule has 0 spiro atoms. The predicted octanol–water partition coefficient (Wildman–Crippen LogP) is 2.22. The van der Waals surface area contributed by atoms with E-state index in [1.54, 1.807) is 0 Å². The number of imidazole rings is 1. The highest BCUT2D eigenvalue weighted by molar-refractivity contribution is 8.76. The Morgan fingerprint density at radius 1 is 1.40 bits per heavy atom. The average Bonchev–Trinajstić information content (AvgIpc) is 3.04. The van der Waals surface area contributed by atoms with Gasteiger partial charge in [0.1, 0.15) is 6.04 Å². The summed E-state index contributed by atoms with van der Waals surface area (Å²) in [5.41, 5.74) is 15.3. The Kier molecular flexibility index (Phi) is 6.06. The van der Waals surface area contributed by atoms with E-state index in [1.165, 1.54) is 32.7 Å². The second-order valence-electron chi connectivity index (χ2n) is 6.08. The molecule has 134 valence electrons. The minimum absolute atomic E-state index is 0.326. The minimum atomic E-state index is -0.983. The Hall–Kier alpha value is -1.48. The van der Waals surface area contributed by atoms with Gasteiger partial charge in [-0.3, -0.25) is 4.79 Å². The highest BCUT2D eigenvalue weighted by Gasteiger charge is 2.24. The fourth-order valence-electron chi connectivity index (χ4n) is 3.11. The van der Waals surface area contributed by atoms with E-state index in [9.17, 15) is 4.79 Å². The monoisotopic (exact) mass is 378 g/mol. The second-order valence-corrected chi connectivity index (χ2v) is 8.39. The van der Waals surface area contributed by atoms with Crippen LogP contribution in [0.5, 0.6) is 0 Å². The molecule has 1 heterocycles. The highest BCUT2D eigenvalue weighted by atomic mass is 33.1. The van der Waals surface area contributed by atoms with Gasteiger partial charge < -0.3 is 21.1 Å². The van der Waals surface area contributed by atoms with Gasteiger partial charge in [-0.25, -0.2) is 4.98 Å². The van der Waals surface area contributed by atoms with Gasteiger partial charge in [-0.15, -0.1) is 0 Å². The van der Waals surface area contributed by atoms with Gasteiger partial charge in [0, 0.05) is 18.3 Å². The molecule has 1 aliphatic carbocycles. The summed E-state index contributed by atoms with van der Waals surface area (Å²) in [4.78, 5) is 15.3. The second kappa shape index (κ2) is 8.27. The van der Waals surface area contributed by atoms with E-state index in [1.807, 2.05) is 6.20 Å². The molecule has 1 aromatic heterocycles. The Balaban J connectivity index is 1.74. The number of carbonyl (C=O) groups is 1. The number of aliphatic carboxylic acids is 1. The summed E-state index contributed by atoms with van der Waals surface area (Å²) >= 11 is 0. The Labute approximate surface area is 154 Å². The summed E-state index contributed by atoms with van der Waals surface area (Å²) in [6.07, 6.45) is 4.88. The Bertz CT molecular complexity index is 750. The van der Waals surface area contributed by atoms with Crippen LogP contribution >= 0.6 is 21.6 Å². The molecule has 0 aliphatic heterocycles. The number of nitrogens with zero attached hydrogens (tertiary/aromatic N) is 2. The number of aryl methyl sites for hydroxylation is 1. The van der Waals surface area contributed by atoms with Gasteiger partial charge in [-0.1, -0.05) is 35.1 Å². The van der Waals surface area contributed by atoms with Crippen molar-refractivity contribution in [1.82, 2.24) is 9.55 Å². The maximum atomic E-state index is 10.8. The molecule has 0 amide bonds. The zero-order valence-corrected chi connectivity index (χ0v) is 15.4. The summed E-state index contributed by atoms with van der Waals surface area (Å²) in [6, 6.07) is 8.02. The van der Waals surface area contributed by atoms with E-state index < -0.39 is 12.0 Å². The van der Waals surface area contributed by atoms with E-state index in [0.717, 1.165) is 30.1 Å². The lowest BCUT2D eigenvalue weighted by atomic mass is 9.88. The number of aromatic nitrogens is 2. The normalized spacial score (nSPS) is 17.9. The van der Waals surface area contributed by atoms with Crippen LogP contribution in [0.4, 0.5) is 0 Å². The van der Waals surface area contributed by atoms with Gasteiger partial charge in [-0.05, 0) is 41.2 Å². The fourth-order valence-corrected chi connectivity index (χ4v) is 5.35. The number of rotatable bonds is 7. The molecule has 2 unspecified atom stereocenters. The van der Waals surface area contributed by atoms with Crippen molar-refractivity contribution in [1.29, 1.82) is 0 Å². The van der Waals surface area contributed by atoms with Crippen LogP contribution in [0.3, 0.4) is 0 Å². The van der Waals surface area contributed by atoms with Gasteiger partial charge in [0.2, 0.25) is 0 Å². The molecule has 2 atom stereocenters. The summed E-state index contributed by atoms with van der Waals surface area (Å²) in [5, 5.41) is 9.76. The number of hydrogen-bond donors (Lipinski definition) is 3. The molecule has 25 heavy (non-hydrogen) atoms. The van der Waals surface area contributed by atoms with Crippen LogP contribution < -0.4 is 11.5 Å². The molecule has 8 heteroatoms. The van der Waals surface area contributed by atoms with Crippen molar-refractivity contribution < 1.29 is 9.90 Å². The lowest BCUT2D eigenvalue weighted by Crippen LogP contribution is -2.32. The van der Waals surface area contributed by atoms with Crippen LogP contribution in [-0.4, -0.2) is 32.4 Å². The van der Waals surface area contributed by atoms with Crippen molar-refractivity contribution in [2.45, 2.75) is 43.0 Å². The van der Waals surface area contributed by atoms with Gasteiger partial charge in [0.05, 0.1) is 11.9 Å². The first-order chi connectivity index (χ1) is 12.1. The molecule has 5 N–H and O–H groups in total. The highest BCUT2D eigenvalue weighted by Crippen LogP contribution is 2.37. The molecule has 2 aromatic rings. The number of carboxylic acid groups (broad SMARTS) is 1. The smallest absolute Gasteiger partial charge is 0.321 e. The average molecular weight is 379 g/mol. The van der Waals surface area contributed by atoms with Crippen LogP contribution in [0.15, 0.2) is 35.6 Å². The summed E-state index contributed by atoms with van der Waals surface area (Å²) in [7, 11) is 2.89. The van der Waals surface area contributed by atoms with Crippen molar-refractivity contribution in [2.75, 3.05) is 5.75 Å². The predicted molar refractivity (Wildman–Crippen MR) is 102 cm³/mol. The van der Waals surface area contributed by atoms with Gasteiger partial charge in [-0.2, -0.15) is 0 Å². The first-order valence-electron chi connectivity index (χ1n) is 8.21. The van der Waals surface area contributed by atoms with Crippen molar-refractivity contribution in [3.63, 3.8) is 0 Å². The molecular weight excluding hydrogens is 356 g/mol. The maximum absolute atomic E-state index is 10.8. The van der Waals surface area contributed by atoms with Crippen molar-refractivity contribution in [2.24, 2.45) is 11.5 Å². The molecule has 0 bridgehead atoms. The largest absolute Gasteiger partial charge is 0.480 e. The van der Waals surface area contributed by atoms with Gasteiger partial charge >= 0.3 is 5.97 Å². The maximum Gasteiger partial charge on any atom is 0.321 e. The Morgan fingerprint density at radius 2 is 2.16 bits per heavy atom. The van der Waals surface area contributed by atoms with Crippen molar-refractivity contribution in [3.05, 3.63) is 47.3 Å². The third-order valence-electron chi connectivity index (χ3n) is 4.43. The number of fused-ring (bicyclic) bond motifs is 1. The molecule has 1 aromatic carbocycles. The summed E-state index contributed by atoms with van der Waals surface area (Å²) in [5.74, 6) is -0.652. The number of benzene rings is 1. The lowest BCUT2D eigenvalue weighted by Gasteiger charge is -2.28. The molecule has 0 saturated carbocycles. The summed E-state index contributed by atoms with van der Waals surface area (Å²) in [6.45, 7) is 0.436. The van der Waals surface area contributed by atoms with Gasteiger partial charge in [0.15, 0.2) is 5.16 Å². The molecule has 0 radical (unpaired) electrons. The fraction of sp³-hybridized carbons (Fsp3) is 0.412. The summed E-state index contributed by atoms with van der Waals surface area (Å²) < 4.78 is 2.22. The van der Waals surface area contributed by atoms with Crippen LogP contribution in [-0.2, 0) is 24.2 Å². The van der Waals surface area contributed by atoms with Crippen LogP contribution in [0.2, 0.25) is 0 Å². The third-order valence-corrected chi connectivity index (χ3v) is 6.71. The van der Waals surface area contributed by atoms with Crippen LogP contribution in [0.1, 0.15) is 29.3 Å². The quantitative estimate of drug-likeness (QED) is 0.634. The van der Waals surface area contributed by atoms with E-state index in [-0.39, 0.29) is 0 Å². The first-order valence-corrected chi connectivity index (χ1v) is 10.5. The lowest BCUT2D eigenvalue weighted by molar-refractivity contribution is -0.137. The SMILES string of the molecule is NCc1cnc(SSCC(N)C(=O)O)n1C1CCc2ccccc2C1. The molecule has 1 aliphatic rings. The number of nitrogens with two attached hydrogens (primary N) is 2. The van der Waals surface area contributed by atoms with Crippen molar-refractivity contribution >= 4 is 27.6 Å². The molecule has 0 fully saturated rings. The molecule has 6 nitrogen and oxygen atoms in total. The van der Waals surface area contributed by atoms with E-state index in [2.05, 4.69) is 33.8 Å². The molecular formula is C17H22N4O2S2. The van der Waals surface area contributed by atoms with Crippen LogP contribution in [0.25, 0.3) is 0 Å². The van der Waals surface area contributed by atoms with E-state index >= 15 is 0 Å². The van der Waals surface area contributed by atoms with E-state index in [4.69, 9.17) is 16.6 Å². The van der Waals surface area contributed by atoms with E-state index in [0.29, 0.717) is 18.3 Å².